The number of nitrogens with zero attached hydrogens (tertiary/aromatic N) is 4. The number of anilines is 1. The lowest BCUT2D eigenvalue weighted by molar-refractivity contribution is 0.252. The van der Waals surface area contributed by atoms with Crippen molar-refractivity contribution >= 4 is 15.7 Å². The number of rotatable bonds is 3. The molecule has 1 aromatic heterocycles. The van der Waals surface area contributed by atoms with Gasteiger partial charge in [-0.15, -0.1) is 0 Å². The number of sulfone groups is 1. The SMILES string of the molecule is Cc1cncnc1N1CC2CN(CC3CCS(=O)(=O)CC3)CC2C1. The van der Waals surface area contributed by atoms with Gasteiger partial charge in [0.1, 0.15) is 22.0 Å². The van der Waals surface area contributed by atoms with Crippen LogP contribution >= 0.6 is 0 Å². The second-order valence-electron chi connectivity index (χ2n) is 7.77. The van der Waals surface area contributed by atoms with Crippen LogP contribution in [0.25, 0.3) is 0 Å². The highest BCUT2D eigenvalue weighted by molar-refractivity contribution is 7.91. The van der Waals surface area contributed by atoms with Crippen molar-refractivity contribution < 1.29 is 8.42 Å². The number of hydrogen-bond acceptors (Lipinski definition) is 6. The molecule has 3 aliphatic rings. The van der Waals surface area contributed by atoms with Gasteiger partial charge in [-0.2, -0.15) is 0 Å². The molecule has 0 spiro atoms. The summed E-state index contributed by atoms with van der Waals surface area (Å²) in [6.07, 6.45) is 5.22. The molecule has 0 aliphatic carbocycles. The minimum atomic E-state index is -2.74. The van der Waals surface area contributed by atoms with Crippen LogP contribution in [0.5, 0.6) is 0 Å². The third kappa shape index (κ3) is 3.28. The molecule has 7 heteroatoms. The van der Waals surface area contributed by atoms with E-state index in [9.17, 15) is 8.42 Å². The minimum absolute atomic E-state index is 0.388. The highest BCUT2D eigenvalue weighted by Crippen LogP contribution is 2.35. The Morgan fingerprint density at radius 3 is 2.42 bits per heavy atom. The standard InChI is InChI=1S/C17H26N4O2S/c1-13-6-18-12-19-17(13)21-10-15-8-20(9-16(15)11-21)7-14-2-4-24(22,23)5-3-14/h6,12,14-16H,2-5,7-11H2,1H3. The Labute approximate surface area is 144 Å². The molecule has 132 valence electrons. The van der Waals surface area contributed by atoms with E-state index in [-0.39, 0.29) is 0 Å². The van der Waals surface area contributed by atoms with Crippen LogP contribution in [0, 0.1) is 24.7 Å². The Morgan fingerprint density at radius 1 is 1.12 bits per heavy atom. The molecule has 1 aromatic rings. The minimum Gasteiger partial charge on any atom is -0.356 e. The highest BCUT2D eigenvalue weighted by Gasteiger charge is 2.41. The second kappa shape index (κ2) is 6.26. The van der Waals surface area contributed by atoms with Gasteiger partial charge < -0.3 is 9.80 Å². The largest absolute Gasteiger partial charge is 0.356 e. The van der Waals surface area contributed by atoms with Crippen LogP contribution in [-0.2, 0) is 9.84 Å². The summed E-state index contributed by atoms with van der Waals surface area (Å²) in [5.41, 5.74) is 1.15. The number of likely N-dealkylation sites (tertiary alicyclic amines) is 1. The molecule has 4 heterocycles. The van der Waals surface area contributed by atoms with E-state index in [1.165, 1.54) is 0 Å². The van der Waals surface area contributed by atoms with Crippen molar-refractivity contribution in [3.8, 4) is 0 Å². The van der Waals surface area contributed by atoms with Crippen LogP contribution in [0.2, 0.25) is 0 Å². The van der Waals surface area contributed by atoms with Crippen molar-refractivity contribution in [2.75, 3.05) is 49.1 Å². The molecular weight excluding hydrogens is 324 g/mol. The lowest BCUT2D eigenvalue weighted by atomic mass is 10.0. The van der Waals surface area contributed by atoms with E-state index in [0.29, 0.717) is 29.3 Å². The molecule has 0 aromatic carbocycles. The van der Waals surface area contributed by atoms with Crippen molar-refractivity contribution in [2.24, 2.45) is 17.8 Å². The Morgan fingerprint density at radius 2 is 1.79 bits per heavy atom. The second-order valence-corrected chi connectivity index (χ2v) is 10.1. The van der Waals surface area contributed by atoms with Gasteiger partial charge in [-0.25, -0.2) is 18.4 Å². The van der Waals surface area contributed by atoms with Gasteiger partial charge >= 0.3 is 0 Å². The molecule has 6 nitrogen and oxygen atoms in total. The molecule has 24 heavy (non-hydrogen) atoms. The molecular formula is C17H26N4O2S. The first-order valence-electron chi connectivity index (χ1n) is 8.94. The van der Waals surface area contributed by atoms with Gasteiger partial charge in [0.25, 0.3) is 0 Å². The van der Waals surface area contributed by atoms with Gasteiger partial charge in [-0.05, 0) is 37.5 Å². The molecule has 0 amide bonds. The Hall–Kier alpha value is -1.21. The summed E-state index contributed by atoms with van der Waals surface area (Å²) in [6.45, 7) is 7.61. The highest BCUT2D eigenvalue weighted by atomic mass is 32.2. The predicted molar refractivity (Wildman–Crippen MR) is 93.8 cm³/mol. The zero-order valence-corrected chi connectivity index (χ0v) is 15.1. The zero-order valence-electron chi connectivity index (χ0n) is 14.3. The van der Waals surface area contributed by atoms with Crippen molar-refractivity contribution in [2.45, 2.75) is 19.8 Å². The van der Waals surface area contributed by atoms with Gasteiger partial charge in [-0.1, -0.05) is 0 Å². The normalized spacial score (nSPS) is 30.6. The van der Waals surface area contributed by atoms with Gasteiger partial charge in [-0.3, -0.25) is 0 Å². The maximum atomic E-state index is 11.6. The smallest absolute Gasteiger partial charge is 0.150 e. The zero-order chi connectivity index (χ0) is 16.7. The maximum Gasteiger partial charge on any atom is 0.150 e. The van der Waals surface area contributed by atoms with Crippen LogP contribution in [0.4, 0.5) is 5.82 Å². The summed E-state index contributed by atoms with van der Waals surface area (Å²) in [7, 11) is -2.74. The van der Waals surface area contributed by atoms with Crippen LogP contribution in [-0.4, -0.2) is 67.5 Å². The molecule has 2 atom stereocenters. The Bertz CT molecular complexity index is 680. The summed E-state index contributed by atoms with van der Waals surface area (Å²) in [5, 5.41) is 0. The summed E-state index contributed by atoms with van der Waals surface area (Å²) in [5.74, 6) is 3.85. The van der Waals surface area contributed by atoms with Crippen molar-refractivity contribution in [1.82, 2.24) is 14.9 Å². The predicted octanol–water partition coefficient (Wildman–Crippen LogP) is 0.978. The van der Waals surface area contributed by atoms with Crippen LogP contribution in [0.1, 0.15) is 18.4 Å². The third-order valence-corrected chi connectivity index (χ3v) is 7.64. The van der Waals surface area contributed by atoms with E-state index in [2.05, 4.69) is 26.7 Å². The van der Waals surface area contributed by atoms with Gasteiger partial charge in [0.05, 0.1) is 11.5 Å². The summed E-state index contributed by atoms with van der Waals surface area (Å²) in [6, 6.07) is 0. The van der Waals surface area contributed by atoms with E-state index >= 15 is 0 Å². The third-order valence-electron chi connectivity index (χ3n) is 5.92. The number of aromatic nitrogens is 2. The number of aryl methyl sites for hydroxylation is 1. The first kappa shape index (κ1) is 16.3. The van der Waals surface area contributed by atoms with Crippen LogP contribution in [0.3, 0.4) is 0 Å². The molecule has 2 unspecified atom stereocenters. The van der Waals surface area contributed by atoms with E-state index in [1.54, 1.807) is 6.33 Å². The summed E-state index contributed by atoms with van der Waals surface area (Å²) < 4.78 is 23.1. The van der Waals surface area contributed by atoms with Gasteiger partial charge in [0, 0.05) is 44.5 Å². The average molecular weight is 350 g/mol. The maximum absolute atomic E-state index is 11.6. The van der Waals surface area contributed by atoms with E-state index in [4.69, 9.17) is 0 Å². The van der Waals surface area contributed by atoms with E-state index < -0.39 is 9.84 Å². The van der Waals surface area contributed by atoms with Crippen molar-refractivity contribution in [3.63, 3.8) is 0 Å². The Kier molecular flexibility index (Phi) is 4.24. The molecule has 0 saturated carbocycles. The van der Waals surface area contributed by atoms with E-state index in [1.807, 2.05) is 6.20 Å². The topological polar surface area (TPSA) is 66.4 Å². The molecule has 3 saturated heterocycles. The van der Waals surface area contributed by atoms with Crippen LogP contribution < -0.4 is 4.90 Å². The molecule has 3 fully saturated rings. The molecule has 4 rings (SSSR count). The van der Waals surface area contributed by atoms with Crippen molar-refractivity contribution in [3.05, 3.63) is 18.1 Å². The fourth-order valence-electron chi connectivity index (χ4n) is 4.62. The number of hydrogen-bond donors (Lipinski definition) is 0. The first-order chi connectivity index (χ1) is 11.5. The van der Waals surface area contributed by atoms with E-state index in [0.717, 1.165) is 56.9 Å². The van der Waals surface area contributed by atoms with Crippen molar-refractivity contribution in [1.29, 1.82) is 0 Å². The monoisotopic (exact) mass is 350 g/mol. The molecule has 0 radical (unpaired) electrons. The first-order valence-corrected chi connectivity index (χ1v) is 10.8. The lowest BCUT2D eigenvalue weighted by Crippen LogP contribution is -2.35. The summed E-state index contributed by atoms with van der Waals surface area (Å²) >= 11 is 0. The molecule has 0 N–H and O–H groups in total. The van der Waals surface area contributed by atoms with Crippen LogP contribution in [0.15, 0.2) is 12.5 Å². The lowest BCUT2D eigenvalue weighted by Gasteiger charge is -2.28. The quantitative estimate of drug-likeness (QED) is 0.810. The Balaban J connectivity index is 1.31. The number of fused-ring (bicyclic) bond motifs is 1. The molecule has 3 aliphatic heterocycles. The summed E-state index contributed by atoms with van der Waals surface area (Å²) in [4.78, 5) is 13.5. The molecule has 0 bridgehead atoms. The fourth-order valence-corrected chi connectivity index (χ4v) is 6.21. The fraction of sp³-hybridized carbons (Fsp3) is 0.765. The van der Waals surface area contributed by atoms with Gasteiger partial charge in [0.2, 0.25) is 0 Å². The van der Waals surface area contributed by atoms with Gasteiger partial charge in [0.15, 0.2) is 0 Å². The average Bonchev–Trinajstić information content (AvgIpc) is 3.08.